The minimum absolute atomic E-state index is 0.125. The van der Waals surface area contributed by atoms with Crippen molar-refractivity contribution in [3.05, 3.63) is 53.4 Å². The fourth-order valence-corrected chi connectivity index (χ4v) is 2.03. The van der Waals surface area contributed by atoms with Crippen molar-refractivity contribution in [2.45, 2.75) is 26.3 Å². The zero-order valence-corrected chi connectivity index (χ0v) is 10.9. The summed E-state index contributed by atoms with van der Waals surface area (Å²) < 4.78 is 15.5. The van der Waals surface area contributed by atoms with Gasteiger partial charge in [0.05, 0.1) is 0 Å². The summed E-state index contributed by atoms with van der Waals surface area (Å²) in [7, 11) is 0. The van der Waals surface area contributed by atoms with Gasteiger partial charge in [0.2, 0.25) is 0 Å². The Balaban J connectivity index is 2.27. The van der Waals surface area contributed by atoms with E-state index >= 15 is 0 Å². The number of nitrogens with two attached hydrogens (primary N) is 1. The molecule has 2 rings (SSSR count). The van der Waals surface area contributed by atoms with Gasteiger partial charge in [-0.3, -0.25) is 5.41 Å². The molecule has 0 saturated heterocycles. The van der Waals surface area contributed by atoms with Gasteiger partial charge in [-0.1, -0.05) is 6.92 Å². The smallest absolute Gasteiger partial charge is 0.124 e. The Labute approximate surface area is 111 Å². The van der Waals surface area contributed by atoms with Crippen LogP contribution in [-0.2, 0) is 13.0 Å². The van der Waals surface area contributed by atoms with Crippen molar-refractivity contribution >= 4 is 5.84 Å². The lowest BCUT2D eigenvalue weighted by molar-refractivity contribution is 0.621. The van der Waals surface area contributed by atoms with Gasteiger partial charge in [0.1, 0.15) is 17.5 Å². The first-order valence-electron chi connectivity index (χ1n) is 6.24. The predicted octanol–water partition coefficient (Wildman–Crippen LogP) is 2.31. The number of hydrogen-bond acceptors (Lipinski definition) is 2. The molecule has 1 aromatic carbocycles. The second-order valence-corrected chi connectivity index (χ2v) is 4.48. The van der Waals surface area contributed by atoms with Gasteiger partial charge in [-0.25, -0.2) is 9.37 Å². The standard InChI is InChI=1S/C14H17FN4/c1-2-3-13-18-4-5-19(13)9-10-6-11(14(16)17)8-12(15)7-10/h4-8H,2-3,9H2,1H3,(H3,16,17). The minimum atomic E-state index is -0.375. The summed E-state index contributed by atoms with van der Waals surface area (Å²) in [6.45, 7) is 2.63. The Hall–Kier alpha value is -2.17. The van der Waals surface area contributed by atoms with Gasteiger partial charge in [-0.2, -0.15) is 0 Å². The molecule has 0 bridgehead atoms. The van der Waals surface area contributed by atoms with Gasteiger partial charge < -0.3 is 10.3 Å². The maximum absolute atomic E-state index is 13.5. The fourth-order valence-electron chi connectivity index (χ4n) is 2.03. The van der Waals surface area contributed by atoms with E-state index in [0.29, 0.717) is 12.1 Å². The summed E-state index contributed by atoms with van der Waals surface area (Å²) in [5.74, 6) is 0.483. The van der Waals surface area contributed by atoms with E-state index in [1.807, 2.05) is 10.8 Å². The van der Waals surface area contributed by atoms with E-state index in [0.717, 1.165) is 24.2 Å². The number of benzene rings is 1. The summed E-state index contributed by atoms with van der Waals surface area (Å²) in [5, 5.41) is 7.38. The van der Waals surface area contributed by atoms with Crippen LogP contribution in [0, 0.1) is 11.2 Å². The van der Waals surface area contributed by atoms with Gasteiger partial charge >= 0.3 is 0 Å². The van der Waals surface area contributed by atoms with Crippen LogP contribution < -0.4 is 5.73 Å². The molecule has 0 fully saturated rings. The van der Waals surface area contributed by atoms with Crippen molar-refractivity contribution < 1.29 is 4.39 Å². The van der Waals surface area contributed by atoms with Crippen LogP contribution in [0.15, 0.2) is 30.6 Å². The molecule has 0 atom stereocenters. The molecule has 0 saturated carbocycles. The Morgan fingerprint density at radius 3 is 2.89 bits per heavy atom. The second-order valence-electron chi connectivity index (χ2n) is 4.48. The average Bonchev–Trinajstić information content (AvgIpc) is 2.76. The lowest BCUT2D eigenvalue weighted by Gasteiger charge is -2.09. The number of aryl methyl sites for hydroxylation is 1. The number of hydrogen-bond donors (Lipinski definition) is 2. The summed E-state index contributed by atoms with van der Waals surface area (Å²) in [5.41, 5.74) is 6.59. The monoisotopic (exact) mass is 260 g/mol. The van der Waals surface area contributed by atoms with E-state index in [1.54, 1.807) is 12.3 Å². The normalized spacial score (nSPS) is 10.6. The van der Waals surface area contributed by atoms with E-state index < -0.39 is 0 Å². The number of imidazole rings is 1. The van der Waals surface area contributed by atoms with Crippen LogP contribution in [0.1, 0.15) is 30.3 Å². The first kappa shape index (κ1) is 13.3. The molecular formula is C14H17FN4. The van der Waals surface area contributed by atoms with Crippen molar-refractivity contribution in [1.29, 1.82) is 5.41 Å². The second kappa shape index (κ2) is 5.65. The van der Waals surface area contributed by atoms with Gasteiger partial charge in [-0.05, 0) is 30.2 Å². The predicted molar refractivity (Wildman–Crippen MR) is 72.7 cm³/mol. The van der Waals surface area contributed by atoms with Crippen LogP contribution in [0.2, 0.25) is 0 Å². The highest BCUT2D eigenvalue weighted by Gasteiger charge is 2.06. The number of halogens is 1. The third-order valence-corrected chi connectivity index (χ3v) is 2.90. The molecule has 1 aromatic heterocycles. The maximum Gasteiger partial charge on any atom is 0.124 e. The van der Waals surface area contributed by atoms with Crippen molar-refractivity contribution in [2.75, 3.05) is 0 Å². The van der Waals surface area contributed by atoms with E-state index in [4.69, 9.17) is 11.1 Å². The molecule has 0 spiro atoms. The lowest BCUT2D eigenvalue weighted by atomic mass is 10.1. The SMILES string of the molecule is CCCc1nccn1Cc1cc(F)cc(C(=N)N)c1. The Kier molecular flexibility index (Phi) is 3.94. The highest BCUT2D eigenvalue weighted by atomic mass is 19.1. The van der Waals surface area contributed by atoms with Crippen molar-refractivity contribution in [2.24, 2.45) is 5.73 Å². The van der Waals surface area contributed by atoms with Crippen LogP contribution in [0.4, 0.5) is 4.39 Å². The van der Waals surface area contributed by atoms with Crippen LogP contribution in [0.5, 0.6) is 0 Å². The van der Waals surface area contributed by atoms with E-state index in [-0.39, 0.29) is 11.7 Å². The molecule has 0 unspecified atom stereocenters. The molecule has 0 amide bonds. The van der Waals surface area contributed by atoms with Crippen LogP contribution >= 0.6 is 0 Å². The third kappa shape index (κ3) is 3.19. The maximum atomic E-state index is 13.5. The zero-order valence-electron chi connectivity index (χ0n) is 10.9. The molecule has 19 heavy (non-hydrogen) atoms. The van der Waals surface area contributed by atoms with Gasteiger partial charge in [-0.15, -0.1) is 0 Å². The van der Waals surface area contributed by atoms with Crippen LogP contribution in [0.25, 0.3) is 0 Å². The van der Waals surface area contributed by atoms with E-state index in [9.17, 15) is 4.39 Å². The Bertz CT molecular complexity index is 589. The fraction of sp³-hybridized carbons (Fsp3) is 0.286. The first-order chi connectivity index (χ1) is 9.10. The average molecular weight is 260 g/mol. The van der Waals surface area contributed by atoms with Crippen LogP contribution in [-0.4, -0.2) is 15.4 Å². The number of nitrogens with zero attached hydrogens (tertiary/aromatic N) is 2. The van der Waals surface area contributed by atoms with E-state index in [2.05, 4.69) is 11.9 Å². The first-order valence-corrected chi connectivity index (χ1v) is 6.24. The van der Waals surface area contributed by atoms with Crippen LogP contribution in [0.3, 0.4) is 0 Å². The molecular weight excluding hydrogens is 243 g/mol. The van der Waals surface area contributed by atoms with Gasteiger partial charge in [0.25, 0.3) is 0 Å². The largest absolute Gasteiger partial charge is 0.384 e. The third-order valence-electron chi connectivity index (χ3n) is 2.90. The van der Waals surface area contributed by atoms with Gasteiger partial charge in [0, 0.05) is 30.9 Å². The Morgan fingerprint density at radius 2 is 2.21 bits per heavy atom. The molecule has 2 aromatic rings. The highest BCUT2D eigenvalue weighted by molar-refractivity contribution is 5.95. The minimum Gasteiger partial charge on any atom is -0.384 e. The number of nitrogens with one attached hydrogen (secondary N) is 1. The highest BCUT2D eigenvalue weighted by Crippen LogP contribution is 2.12. The molecule has 1 heterocycles. The number of rotatable bonds is 5. The summed E-state index contributed by atoms with van der Waals surface area (Å²) >= 11 is 0. The van der Waals surface area contributed by atoms with E-state index in [1.165, 1.54) is 12.1 Å². The molecule has 100 valence electrons. The quantitative estimate of drug-likeness (QED) is 0.640. The molecule has 0 aliphatic heterocycles. The molecule has 0 aliphatic carbocycles. The summed E-state index contributed by atoms with van der Waals surface area (Å²) in [6.07, 6.45) is 5.53. The van der Waals surface area contributed by atoms with Crippen molar-refractivity contribution in [1.82, 2.24) is 9.55 Å². The lowest BCUT2D eigenvalue weighted by Crippen LogP contribution is -2.12. The van der Waals surface area contributed by atoms with Crippen molar-refractivity contribution in [3.8, 4) is 0 Å². The number of nitrogen functional groups attached to an aromatic ring is 1. The molecule has 3 N–H and O–H groups in total. The van der Waals surface area contributed by atoms with Gasteiger partial charge in [0.15, 0.2) is 0 Å². The van der Waals surface area contributed by atoms with Crippen molar-refractivity contribution in [3.63, 3.8) is 0 Å². The summed E-state index contributed by atoms with van der Waals surface area (Å²) in [4.78, 5) is 4.28. The number of aromatic nitrogens is 2. The molecule has 5 heteroatoms. The summed E-state index contributed by atoms with van der Waals surface area (Å²) in [6, 6.07) is 4.47. The Morgan fingerprint density at radius 1 is 1.42 bits per heavy atom. The zero-order chi connectivity index (χ0) is 13.8. The molecule has 0 radical (unpaired) electrons. The topological polar surface area (TPSA) is 67.7 Å². The number of amidine groups is 1. The molecule has 4 nitrogen and oxygen atoms in total. The molecule has 0 aliphatic rings.